The van der Waals surface area contributed by atoms with Crippen LogP contribution in [-0.4, -0.2) is 42.2 Å². The molecule has 1 fully saturated rings. The normalized spacial score (nSPS) is 18.6. The Morgan fingerprint density at radius 3 is 3.00 bits per heavy atom. The third kappa shape index (κ3) is 3.26. The highest BCUT2D eigenvalue weighted by Crippen LogP contribution is 2.25. The lowest BCUT2D eigenvalue weighted by Crippen LogP contribution is -2.29. The Bertz CT molecular complexity index is 433. The van der Waals surface area contributed by atoms with Crippen LogP contribution >= 0.6 is 0 Å². The van der Waals surface area contributed by atoms with Gasteiger partial charge in [-0.2, -0.15) is 0 Å². The molecule has 0 radical (unpaired) electrons. The van der Waals surface area contributed by atoms with Gasteiger partial charge in [-0.15, -0.1) is 0 Å². The minimum Gasteiger partial charge on any atom is -0.493 e. The predicted octanol–water partition coefficient (Wildman–Crippen LogP) is 1.93. The van der Waals surface area contributed by atoms with Crippen LogP contribution in [0.1, 0.15) is 30.1 Å². The minimum absolute atomic E-state index is 0.0319. The molecule has 1 aromatic rings. The summed E-state index contributed by atoms with van der Waals surface area (Å²) in [5.74, 6) is 1.11. The van der Waals surface area contributed by atoms with E-state index in [0.717, 1.165) is 25.9 Å². The zero-order valence-corrected chi connectivity index (χ0v) is 11.3. The Balaban J connectivity index is 2.08. The number of ether oxygens (including phenoxy) is 1. The van der Waals surface area contributed by atoms with Crippen LogP contribution < -0.4 is 4.74 Å². The molecule has 4 nitrogen and oxygen atoms in total. The van der Waals surface area contributed by atoms with Gasteiger partial charge in [0, 0.05) is 19.7 Å². The van der Waals surface area contributed by atoms with Crippen LogP contribution in [-0.2, 0) is 0 Å². The van der Waals surface area contributed by atoms with Crippen molar-refractivity contribution < 1.29 is 14.6 Å². The fourth-order valence-corrected chi connectivity index (χ4v) is 2.53. The van der Waals surface area contributed by atoms with Crippen LogP contribution in [0.15, 0.2) is 24.3 Å². The number of carbonyl (C=O) groups excluding carboxylic acids is 1. The van der Waals surface area contributed by atoms with Crippen molar-refractivity contribution in [3.05, 3.63) is 29.8 Å². The van der Waals surface area contributed by atoms with Gasteiger partial charge in [0.2, 0.25) is 0 Å². The summed E-state index contributed by atoms with van der Waals surface area (Å²) >= 11 is 0. The molecule has 1 N–H and O–H groups in total. The molecule has 104 valence electrons. The molecule has 1 aliphatic heterocycles. The molecular weight excluding hydrogens is 242 g/mol. The summed E-state index contributed by atoms with van der Waals surface area (Å²) in [6.07, 6.45) is 1.75. The molecule has 0 bridgehead atoms. The van der Waals surface area contributed by atoms with Crippen LogP contribution in [0.4, 0.5) is 0 Å². The van der Waals surface area contributed by atoms with Gasteiger partial charge in [0.25, 0.3) is 5.91 Å². The number of nitrogens with zero attached hydrogens (tertiary/aromatic N) is 1. The molecule has 1 amide bonds. The van der Waals surface area contributed by atoms with Gasteiger partial charge in [0.15, 0.2) is 0 Å². The van der Waals surface area contributed by atoms with Gasteiger partial charge in [-0.3, -0.25) is 4.79 Å². The Labute approximate surface area is 114 Å². The van der Waals surface area contributed by atoms with Gasteiger partial charge in [0.05, 0.1) is 12.2 Å². The van der Waals surface area contributed by atoms with Crippen molar-refractivity contribution >= 4 is 5.91 Å². The molecule has 1 heterocycles. The van der Waals surface area contributed by atoms with Crippen molar-refractivity contribution in [3.63, 3.8) is 0 Å². The first-order valence-corrected chi connectivity index (χ1v) is 6.88. The predicted molar refractivity (Wildman–Crippen MR) is 73.3 cm³/mol. The van der Waals surface area contributed by atoms with Gasteiger partial charge in [-0.05, 0) is 37.8 Å². The minimum atomic E-state index is 0.0319. The number of likely N-dealkylation sites (tertiary alicyclic amines) is 1. The summed E-state index contributed by atoms with van der Waals surface area (Å²) < 4.78 is 5.50. The first-order valence-electron chi connectivity index (χ1n) is 6.88. The number of hydrogen-bond donors (Lipinski definition) is 1. The van der Waals surface area contributed by atoms with E-state index in [4.69, 9.17) is 9.84 Å². The molecule has 1 saturated heterocycles. The van der Waals surface area contributed by atoms with E-state index in [2.05, 4.69) is 0 Å². The van der Waals surface area contributed by atoms with Crippen molar-refractivity contribution in [1.29, 1.82) is 0 Å². The maximum absolute atomic E-state index is 12.5. The van der Waals surface area contributed by atoms with E-state index in [1.165, 1.54) is 0 Å². The second kappa shape index (κ2) is 6.57. The highest BCUT2D eigenvalue weighted by molar-refractivity contribution is 5.97. The van der Waals surface area contributed by atoms with Crippen molar-refractivity contribution in [2.24, 2.45) is 5.92 Å². The summed E-state index contributed by atoms with van der Waals surface area (Å²) in [5.41, 5.74) is 0.633. The molecule has 1 atom stereocenters. The monoisotopic (exact) mass is 263 g/mol. The van der Waals surface area contributed by atoms with Crippen LogP contribution in [0.5, 0.6) is 5.75 Å². The number of hydrogen-bond acceptors (Lipinski definition) is 3. The zero-order chi connectivity index (χ0) is 13.7. The van der Waals surface area contributed by atoms with Gasteiger partial charge >= 0.3 is 0 Å². The Hall–Kier alpha value is -1.55. The van der Waals surface area contributed by atoms with Crippen molar-refractivity contribution in [2.45, 2.75) is 19.8 Å². The number of benzene rings is 1. The molecule has 2 rings (SSSR count). The maximum atomic E-state index is 12.5. The van der Waals surface area contributed by atoms with Crippen molar-refractivity contribution in [2.75, 3.05) is 26.3 Å². The SMILES string of the molecule is CCOc1ccccc1C(=O)N1CCC(CCO)C1. The first-order chi connectivity index (χ1) is 9.26. The van der Waals surface area contributed by atoms with Crippen LogP contribution in [0.2, 0.25) is 0 Å². The third-order valence-corrected chi connectivity index (χ3v) is 3.53. The Kier molecular flexibility index (Phi) is 4.80. The lowest BCUT2D eigenvalue weighted by atomic mass is 10.1. The summed E-state index contributed by atoms with van der Waals surface area (Å²) in [6.45, 7) is 4.16. The first kappa shape index (κ1) is 13.9. The lowest BCUT2D eigenvalue weighted by Gasteiger charge is -2.18. The molecule has 0 aliphatic carbocycles. The van der Waals surface area contributed by atoms with E-state index in [1.807, 2.05) is 36.1 Å². The highest BCUT2D eigenvalue weighted by atomic mass is 16.5. The van der Waals surface area contributed by atoms with E-state index in [9.17, 15) is 4.79 Å². The van der Waals surface area contributed by atoms with E-state index in [0.29, 0.717) is 23.8 Å². The number of para-hydroxylation sites is 1. The van der Waals surface area contributed by atoms with Crippen molar-refractivity contribution in [1.82, 2.24) is 4.90 Å². The lowest BCUT2D eigenvalue weighted by molar-refractivity contribution is 0.0780. The standard InChI is InChI=1S/C15H21NO3/c1-2-19-14-6-4-3-5-13(14)15(18)16-9-7-12(11-16)8-10-17/h3-6,12,17H,2,7-11H2,1H3. The van der Waals surface area contributed by atoms with E-state index in [1.54, 1.807) is 0 Å². The number of aliphatic hydroxyl groups is 1. The third-order valence-electron chi connectivity index (χ3n) is 3.53. The van der Waals surface area contributed by atoms with Crippen LogP contribution in [0.25, 0.3) is 0 Å². The Morgan fingerprint density at radius 1 is 1.47 bits per heavy atom. The van der Waals surface area contributed by atoms with E-state index >= 15 is 0 Å². The second-order valence-corrected chi connectivity index (χ2v) is 4.85. The molecule has 19 heavy (non-hydrogen) atoms. The number of amides is 1. The van der Waals surface area contributed by atoms with Crippen LogP contribution in [0, 0.1) is 5.92 Å². The van der Waals surface area contributed by atoms with Gasteiger partial charge in [-0.1, -0.05) is 12.1 Å². The van der Waals surface area contributed by atoms with Gasteiger partial charge in [-0.25, -0.2) is 0 Å². The summed E-state index contributed by atoms with van der Waals surface area (Å²) in [7, 11) is 0. The summed E-state index contributed by atoms with van der Waals surface area (Å²) in [6, 6.07) is 7.38. The van der Waals surface area contributed by atoms with Gasteiger partial charge < -0.3 is 14.7 Å². The quantitative estimate of drug-likeness (QED) is 0.883. The average molecular weight is 263 g/mol. The van der Waals surface area contributed by atoms with Gasteiger partial charge in [0.1, 0.15) is 5.75 Å². The second-order valence-electron chi connectivity index (χ2n) is 4.85. The molecule has 0 spiro atoms. The molecule has 1 unspecified atom stereocenters. The molecule has 1 aromatic carbocycles. The number of rotatable bonds is 5. The fourth-order valence-electron chi connectivity index (χ4n) is 2.53. The average Bonchev–Trinajstić information content (AvgIpc) is 2.88. The maximum Gasteiger partial charge on any atom is 0.257 e. The molecule has 4 heteroatoms. The highest BCUT2D eigenvalue weighted by Gasteiger charge is 2.27. The molecule has 0 aromatic heterocycles. The zero-order valence-electron chi connectivity index (χ0n) is 11.3. The van der Waals surface area contributed by atoms with E-state index in [-0.39, 0.29) is 12.5 Å². The van der Waals surface area contributed by atoms with Crippen LogP contribution in [0.3, 0.4) is 0 Å². The molecule has 1 aliphatic rings. The summed E-state index contributed by atoms with van der Waals surface area (Å²) in [4.78, 5) is 14.3. The fraction of sp³-hybridized carbons (Fsp3) is 0.533. The Morgan fingerprint density at radius 2 is 2.26 bits per heavy atom. The number of carbonyl (C=O) groups is 1. The molecule has 0 saturated carbocycles. The smallest absolute Gasteiger partial charge is 0.257 e. The van der Waals surface area contributed by atoms with Crippen molar-refractivity contribution in [3.8, 4) is 5.75 Å². The topological polar surface area (TPSA) is 49.8 Å². The molecular formula is C15H21NO3. The van der Waals surface area contributed by atoms with E-state index < -0.39 is 0 Å². The largest absolute Gasteiger partial charge is 0.493 e. The summed E-state index contributed by atoms with van der Waals surface area (Å²) in [5, 5.41) is 8.96. The number of aliphatic hydroxyl groups excluding tert-OH is 1.